The molecule has 0 bridgehead atoms. The molecule has 0 aliphatic carbocycles. The molecule has 188 valence electrons. The monoisotopic (exact) mass is 489 g/mol. The number of nitriles is 1. The molecule has 1 unspecified atom stereocenters. The van der Waals surface area contributed by atoms with Gasteiger partial charge < -0.3 is 19.7 Å². The number of aliphatic hydroxyl groups is 1. The molecular weight excluding hydrogens is 458 g/mol. The molecule has 0 saturated heterocycles. The van der Waals surface area contributed by atoms with E-state index in [0.717, 1.165) is 31.5 Å². The molecule has 1 aromatic heterocycles. The van der Waals surface area contributed by atoms with E-state index in [9.17, 15) is 10.1 Å². The Hall–Kier alpha value is -3.74. The van der Waals surface area contributed by atoms with Crippen LogP contribution >= 0.6 is 0 Å². The van der Waals surface area contributed by atoms with Crippen molar-refractivity contribution < 1.29 is 19.2 Å². The second-order valence-electron chi connectivity index (χ2n) is 9.12. The Kier molecular flexibility index (Phi) is 7.98. The van der Waals surface area contributed by atoms with Crippen LogP contribution in [0, 0.1) is 11.3 Å². The number of ether oxygens (including phenoxy) is 1. The lowest BCUT2D eigenvalue weighted by Crippen LogP contribution is -2.46. The molecule has 2 heterocycles. The van der Waals surface area contributed by atoms with Crippen LogP contribution in [0.5, 0.6) is 5.75 Å². The number of carbonyl (C=O) groups is 1. The molecule has 0 radical (unpaired) electrons. The summed E-state index contributed by atoms with van der Waals surface area (Å²) in [6.07, 6.45) is 1.60. The summed E-state index contributed by atoms with van der Waals surface area (Å²) < 4.78 is 11.2. The summed E-state index contributed by atoms with van der Waals surface area (Å²) in [6, 6.07) is 13.3. The Morgan fingerprint density at radius 2 is 1.92 bits per heavy atom. The van der Waals surface area contributed by atoms with E-state index in [1.807, 2.05) is 26.8 Å². The van der Waals surface area contributed by atoms with Crippen LogP contribution in [0.3, 0.4) is 0 Å². The highest BCUT2D eigenvalue weighted by molar-refractivity contribution is 5.81. The van der Waals surface area contributed by atoms with Crippen molar-refractivity contribution in [2.75, 3.05) is 26.2 Å². The molecule has 0 fully saturated rings. The van der Waals surface area contributed by atoms with E-state index in [-0.39, 0.29) is 31.2 Å². The lowest BCUT2D eigenvalue weighted by molar-refractivity contribution is -0.126. The number of nitrogens with one attached hydrogen (secondary N) is 1. The maximum atomic E-state index is 12.3. The Morgan fingerprint density at radius 3 is 2.64 bits per heavy atom. The lowest BCUT2D eigenvalue weighted by Gasteiger charge is -2.26. The van der Waals surface area contributed by atoms with Crippen LogP contribution in [0.4, 0.5) is 0 Å². The van der Waals surface area contributed by atoms with Crippen molar-refractivity contribution in [2.45, 2.75) is 45.8 Å². The Labute approximate surface area is 210 Å². The molecule has 1 aliphatic rings. The number of amides is 1. The molecule has 0 saturated carbocycles. The number of benzene rings is 2. The summed E-state index contributed by atoms with van der Waals surface area (Å²) in [5.74, 6) is 1.27. The third kappa shape index (κ3) is 5.73. The average Bonchev–Trinajstić information content (AvgIpc) is 3.28. The lowest BCUT2D eigenvalue weighted by atomic mass is 10.00. The van der Waals surface area contributed by atoms with Crippen molar-refractivity contribution in [3.05, 3.63) is 53.1 Å². The first kappa shape index (κ1) is 25.4. The maximum Gasteiger partial charge on any atom is 0.258 e. The quantitative estimate of drug-likeness (QED) is 0.495. The largest absolute Gasteiger partial charge is 0.490 e. The first-order chi connectivity index (χ1) is 17.4. The predicted octanol–water partition coefficient (Wildman–Crippen LogP) is 2.96. The Balaban J connectivity index is 1.49. The summed E-state index contributed by atoms with van der Waals surface area (Å²) in [5, 5.41) is 25.4. The minimum Gasteiger partial charge on any atom is -0.490 e. The second-order valence-corrected chi connectivity index (χ2v) is 9.12. The van der Waals surface area contributed by atoms with E-state index < -0.39 is 0 Å². The normalized spacial score (nSPS) is 14.6. The number of aliphatic hydroxyl groups excluding tert-OH is 1. The molecule has 4 rings (SSSR count). The maximum absolute atomic E-state index is 12.3. The van der Waals surface area contributed by atoms with Gasteiger partial charge in [-0.05, 0) is 69.0 Å². The van der Waals surface area contributed by atoms with Crippen molar-refractivity contribution in [2.24, 2.45) is 0 Å². The third-order valence-electron chi connectivity index (χ3n) is 6.28. The molecule has 9 nitrogen and oxygen atoms in total. The molecule has 1 atom stereocenters. The predicted molar refractivity (Wildman–Crippen MR) is 134 cm³/mol. The highest BCUT2D eigenvalue weighted by Crippen LogP contribution is 2.29. The first-order valence-corrected chi connectivity index (χ1v) is 12.2. The third-order valence-corrected chi connectivity index (χ3v) is 6.28. The topological polar surface area (TPSA) is 125 Å². The number of aromatic nitrogens is 2. The van der Waals surface area contributed by atoms with Crippen molar-refractivity contribution in [1.82, 2.24) is 20.4 Å². The number of fused-ring (bicyclic) bond motifs is 1. The van der Waals surface area contributed by atoms with Crippen molar-refractivity contribution in [1.29, 1.82) is 5.26 Å². The van der Waals surface area contributed by atoms with Gasteiger partial charge in [-0.25, -0.2) is 0 Å². The van der Waals surface area contributed by atoms with Crippen LogP contribution in [0.15, 0.2) is 40.9 Å². The van der Waals surface area contributed by atoms with Gasteiger partial charge in [0.25, 0.3) is 5.89 Å². The number of nitrogens with zero attached hydrogens (tertiary/aromatic N) is 4. The summed E-state index contributed by atoms with van der Waals surface area (Å²) >= 11 is 0. The zero-order valence-corrected chi connectivity index (χ0v) is 20.8. The van der Waals surface area contributed by atoms with E-state index in [2.05, 4.69) is 38.6 Å². The number of hydrogen-bond acceptors (Lipinski definition) is 8. The highest BCUT2D eigenvalue weighted by Gasteiger charge is 2.24. The Morgan fingerprint density at radius 1 is 1.17 bits per heavy atom. The number of carbonyl (C=O) groups excluding carboxylic acids is 1. The summed E-state index contributed by atoms with van der Waals surface area (Å²) in [7, 11) is 0. The molecule has 9 heteroatoms. The van der Waals surface area contributed by atoms with Crippen LogP contribution in [0.25, 0.3) is 22.8 Å². The zero-order valence-electron chi connectivity index (χ0n) is 20.8. The van der Waals surface area contributed by atoms with Crippen LogP contribution < -0.4 is 10.1 Å². The van der Waals surface area contributed by atoms with Gasteiger partial charge in [0.1, 0.15) is 11.8 Å². The smallest absolute Gasteiger partial charge is 0.258 e. The van der Waals surface area contributed by atoms with Gasteiger partial charge in [0.15, 0.2) is 0 Å². The average molecular weight is 490 g/mol. The van der Waals surface area contributed by atoms with Crippen molar-refractivity contribution in [3.8, 4) is 34.7 Å². The molecule has 2 N–H and O–H groups in total. The van der Waals surface area contributed by atoms with Gasteiger partial charge in [-0.1, -0.05) is 17.3 Å². The van der Waals surface area contributed by atoms with Gasteiger partial charge in [-0.3, -0.25) is 9.69 Å². The van der Waals surface area contributed by atoms with Gasteiger partial charge in [0, 0.05) is 30.8 Å². The van der Waals surface area contributed by atoms with Gasteiger partial charge >= 0.3 is 0 Å². The molecular formula is C27H31N5O4. The minimum atomic E-state index is -0.263. The van der Waals surface area contributed by atoms with E-state index in [1.54, 1.807) is 18.2 Å². The van der Waals surface area contributed by atoms with E-state index in [4.69, 9.17) is 14.4 Å². The van der Waals surface area contributed by atoms with Crippen LogP contribution in [0.2, 0.25) is 0 Å². The molecule has 0 spiro atoms. The second kappa shape index (κ2) is 11.3. The van der Waals surface area contributed by atoms with Gasteiger partial charge in [-0.15, -0.1) is 0 Å². The molecule has 1 aliphatic heterocycles. The summed E-state index contributed by atoms with van der Waals surface area (Å²) in [6.45, 7) is 7.45. The van der Waals surface area contributed by atoms with Crippen molar-refractivity contribution >= 4 is 5.91 Å². The van der Waals surface area contributed by atoms with Crippen LogP contribution in [-0.4, -0.2) is 64.4 Å². The zero-order chi connectivity index (χ0) is 25.7. The van der Waals surface area contributed by atoms with Crippen LogP contribution in [-0.2, 0) is 17.6 Å². The van der Waals surface area contributed by atoms with E-state index in [1.165, 1.54) is 11.1 Å². The molecule has 1 amide bonds. The van der Waals surface area contributed by atoms with Crippen LogP contribution in [0.1, 0.15) is 37.5 Å². The van der Waals surface area contributed by atoms with Gasteiger partial charge in [0.05, 0.1) is 24.3 Å². The van der Waals surface area contributed by atoms with E-state index >= 15 is 0 Å². The standard InChI is InChI=1S/C27H31N5O4/c1-17(2)35-24-7-6-22(15-23(24)16-28)27-30-25(31-36-27)21-5-4-19-8-11-32(12-9-20(19)14-21)18(3)26(34)29-10-13-33/h4-7,14-15,17-18,33H,8-13H2,1-3H3,(H,29,34). The van der Waals surface area contributed by atoms with E-state index in [0.29, 0.717) is 28.6 Å². The molecule has 2 aromatic carbocycles. The number of hydrogen-bond donors (Lipinski definition) is 2. The molecule has 3 aromatic rings. The van der Waals surface area contributed by atoms with Gasteiger partial charge in [-0.2, -0.15) is 10.2 Å². The summed E-state index contributed by atoms with van der Waals surface area (Å²) in [5.41, 5.74) is 4.36. The SMILES string of the molecule is CC(C)Oc1ccc(-c2nc(-c3ccc4c(c3)CCN(C(C)C(=O)NCCO)CC4)no2)cc1C#N. The fourth-order valence-corrected chi connectivity index (χ4v) is 4.33. The number of rotatable bonds is 8. The minimum absolute atomic E-state index is 0.0372. The fraction of sp³-hybridized carbons (Fsp3) is 0.407. The Bertz CT molecular complexity index is 1260. The first-order valence-electron chi connectivity index (χ1n) is 12.2. The van der Waals surface area contributed by atoms with Gasteiger partial charge in [0.2, 0.25) is 11.7 Å². The summed E-state index contributed by atoms with van der Waals surface area (Å²) in [4.78, 5) is 19.1. The fourth-order valence-electron chi connectivity index (χ4n) is 4.33. The highest BCUT2D eigenvalue weighted by atomic mass is 16.5. The van der Waals surface area contributed by atoms with Crippen molar-refractivity contribution in [3.63, 3.8) is 0 Å². The molecule has 36 heavy (non-hydrogen) atoms.